The summed E-state index contributed by atoms with van der Waals surface area (Å²) in [5.41, 5.74) is 1.89. The highest BCUT2D eigenvalue weighted by molar-refractivity contribution is 5.79. The lowest BCUT2D eigenvalue weighted by Gasteiger charge is -2.34. The number of piperazine rings is 1. The predicted octanol–water partition coefficient (Wildman–Crippen LogP) is 2.51. The quantitative estimate of drug-likeness (QED) is 0.750. The van der Waals surface area contributed by atoms with Gasteiger partial charge >= 0.3 is 0 Å². The summed E-state index contributed by atoms with van der Waals surface area (Å²) in [5.74, 6) is 2.30. The van der Waals surface area contributed by atoms with Gasteiger partial charge in [-0.15, -0.1) is 0 Å². The Labute approximate surface area is 179 Å². The van der Waals surface area contributed by atoms with Gasteiger partial charge in [-0.2, -0.15) is 15.0 Å². The molecule has 0 saturated carbocycles. The van der Waals surface area contributed by atoms with Gasteiger partial charge < -0.3 is 20.0 Å². The van der Waals surface area contributed by atoms with Crippen LogP contribution in [-0.4, -0.2) is 77.5 Å². The van der Waals surface area contributed by atoms with Gasteiger partial charge in [0.15, 0.2) is 0 Å². The third kappa shape index (κ3) is 5.66. The number of rotatable bonds is 7. The molecule has 30 heavy (non-hydrogen) atoms. The van der Waals surface area contributed by atoms with Crippen LogP contribution in [0.3, 0.4) is 0 Å². The van der Waals surface area contributed by atoms with Crippen molar-refractivity contribution in [2.45, 2.75) is 33.1 Å². The van der Waals surface area contributed by atoms with Gasteiger partial charge in [-0.3, -0.25) is 4.79 Å². The molecule has 1 aromatic heterocycles. The summed E-state index contributed by atoms with van der Waals surface area (Å²) < 4.78 is 0. The minimum absolute atomic E-state index is 0.195. The van der Waals surface area contributed by atoms with Gasteiger partial charge in [0.1, 0.15) is 5.82 Å². The highest BCUT2D eigenvalue weighted by atomic mass is 16.2. The van der Waals surface area contributed by atoms with E-state index in [9.17, 15) is 4.79 Å². The van der Waals surface area contributed by atoms with Crippen LogP contribution in [0.5, 0.6) is 0 Å². The van der Waals surface area contributed by atoms with Crippen LogP contribution >= 0.6 is 0 Å². The number of likely N-dealkylation sites (N-methyl/N-ethyl adjacent to an activating group) is 1. The first-order valence-electron chi connectivity index (χ1n) is 10.6. The molecule has 2 aromatic rings. The van der Waals surface area contributed by atoms with Crippen molar-refractivity contribution in [2.24, 2.45) is 0 Å². The summed E-state index contributed by atoms with van der Waals surface area (Å²) in [6, 6.07) is 7.90. The first-order valence-corrected chi connectivity index (χ1v) is 10.6. The maximum atomic E-state index is 12.6. The number of benzene rings is 1. The van der Waals surface area contributed by atoms with Gasteiger partial charge in [-0.25, -0.2) is 0 Å². The SMILES string of the molecule is CCN1CCN(C(=O)Cc2ccc(Nc3nc(C(C)C)nc(N(C)C)n3)cc2)CC1. The van der Waals surface area contributed by atoms with E-state index in [4.69, 9.17) is 0 Å². The smallest absolute Gasteiger partial charge is 0.232 e. The molecule has 3 rings (SSSR count). The van der Waals surface area contributed by atoms with E-state index in [0.29, 0.717) is 18.3 Å². The Balaban J connectivity index is 1.63. The van der Waals surface area contributed by atoms with Gasteiger partial charge in [0, 0.05) is 51.9 Å². The van der Waals surface area contributed by atoms with E-state index in [1.807, 2.05) is 48.2 Å². The Hall–Kier alpha value is -2.74. The Morgan fingerprint density at radius 2 is 1.73 bits per heavy atom. The van der Waals surface area contributed by atoms with Gasteiger partial charge in [0.05, 0.1) is 6.42 Å². The first kappa shape index (κ1) is 22.0. The van der Waals surface area contributed by atoms with Crippen LogP contribution in [0, 0.1) is 0 Å². The molecule has 1 aliphatic rings. The van der Waals surface area contributed by atoms with E-state index in [1.54, 1.807) is 0 Å². The lowest BCUT2D eigenvalue weighted by atomic mass is 10.1. The fourth-order valence-corrected chi connectivity index (χ4v) is 3.33. The number of carbonyl (C=O) groups excluding carboxylic acids is 1. The highest BCUT2D eigenvalue weighted by Gasteiger charge is 2.20. The molecule has 1 aliphatic heterocycles. The van der Waals surface area contributed by atoms with Crippen LogP contribution in [0.15, 0.2) is 24.3 Å². The van der Waals surface area contributed by atoms with Crippen LogP contribution in [0.4, 0.5) is 17.6 Å². The van der Waals surface area contributed by atoms with Crippen LogP contribution in [0.25, 0.3) is 0 Å². The van der Waals surface area contributed by atoms with Gasteiger partial charge in [0.2, 0.25) is 17.8 Å². The lowest BCUT2D eigenvalue weighted by molar-refractivity contribution is -0.132. The minimum Gasteiger partial charge on any atom is -0.347 e. The predicted molar refractivity (Wildman–Crippen MR) is 120 cm³/mol. The Morgan fingerprint density at radius 1 is 1.07 bits per heavy atom. The molecule has 0 atom stereocenters. The molecule has 0 aliphatic carbocycles. The first-order chi connectivity index (χ1) is 14.4. The Morgan fingerprint density at radius 3 is 2.30 bits per heavy atom. The number of carbonyl (C=O) groups is 1. The number of aromatic nitrogens is 3. The lowest BCUT2D eigenvalue weighted by Crippen LogP contribution is -2.48. The van der Waals surface area contributed by atoms with E-state index in [2.05, 4.69) is 45.9 Å². The molecule has 162 valence electrons. The zero-order chi connectivity index (χ0) is 21.7. The summed E-state index contributed by atoms with van der Waals surface area (Å²) in [4.78, 5) is 32.3. The second kappa shape index (κ2) is 9.84. The third-order valence-corrected chi connectivity index (χ3v) is 5.29. The minimum atomic E-state index is 0.195. The molecular weight excluding hydrogens is 378 g/mol. The molecule has 1 saturated heterocycles. The van der Waals surface area contributed by atoms with Crippen molar-refractivity contribution in [2.75, 3.05) is 57.0 Å². The van der Waals surface area contributed by atoms with E-state index in [0.717, 1.165) is 49.8 Å². The maximum Gasteiger partial charge on any atom is 0.232 e. The van der Waals surface area contributed by atoms with Gasteiger partial charge in [0.25, 0.3) is 0 Å². The molecular formula is C22H33N7O. The monoisotopic (exact) mass is 411 g/mol. The maximum absolute atomic E-state index is 12.6. The number of anilines is 3. The van der Waals surface area contributed by atoms with Crippen LogP contribution < -0.4 is 10.2 Å². The number of hydrogen-bond donors (Lipinski definition) is 1. The van der Waals surface area contributed by atoms with Crippen LogP contribution in [-0.2, 0) is 11.2 Å². The fourth-order valence-electron chi connectivity index (χ4n) is 3.33. The zero-order valence-corrected chi connectivity index (χ0v) is 18.7. The summed E-state index contributed by atoms with van der Waals surface area (Å²) >= 11 is 0. The largest absolute Gasteiger partial charge is 0.347 e. The zero-order valence-electron chi connectivity index (χ0n) is 18.7. The van der Waals surface area contributed by atoms with E-state index < -0.39 is 0 Å². The Kier molecular flexibility index (Phi) is 7.20. The normalized spacial score (nSPS) is 14.8. The van der Waals surface area contributed by atoms with E-state index in [1.165, 1.54) is 0 Å². The third-order valence-electron chi connectivity index (χ3n) is 5.29. The second-order valence-corrected chi connectivity index (χ2v) is 8.18. The van der Waals surface area contributed by atoms with Crippen molar-refractivity contribution < 1.29 is 4.79 Å². The number of nitrogens with one attached hydrogen (secondary N) is 1. The van der Waals surface area contributed by atoms with Crippen molar-refractivity contribution in [3.05, 3.63) is 35.7 Å². The van der Waals surface area contributed by atoms with Gasteiger partial charge in [-0.05, 0) is 24.2 Å². The standard InChI is InChI=1S/C22H33N7O/c1-6-28-11-13-29(14-12-28)19(30)15-17-7-9-18(10-8-17)23-21-24-20(16(2)3)25-22(26-21)27(4)5/h7-10,16H,6,11-15H2,1-5H3,(H,23,24,25,26). The van der Waals surface area contributed by atoms with E-state index >= 15 is 0 Å². The van der Waals surface area contributed by atoms with E-state index in [-0.39, 0.29) is 11.8 Å². The molecule has 2 heterocycles. The fraction of sp³-hybridized carbons (Fsp3) is 0.545. The summed E-state index contributed by atoms with van der Waals surface area (Å²) in [7, 11) is 3.83. The van der Waals surface area contributed by atoms with Crippen molar-refractivity contribution in [3.63, 3.8) is 0 Å². The molecule has 0 unspecified atom stereocenters. The molecule has 8 heteroatoms. The molecule has 0 radical (unpaired) electrons. The van der Waals surface area contributed by atoms with Crippen molar-refractivity contribution in [3.8, 4) is 0 Å². The molecule has 8 nitrogen and oxygen atoms in total. The van der Waals surface area contributed by atoms with Crippen LogP contribution in [0.1, 0.15) is 38.1 Å². The molecule has 0 spiro atoms. The molecule has 1 aromatic carbocycles. The van der Waals surface area contributed by atoms with Crippen molar-refractivity contribution in [1.29, 1.82) is 0 Å². The Bertz CT molecular complexity index is 817. The highest BCUT2D eigenvalue weighted by Crippen LogP contribution is 2.19. The number of nitrogens with zero attached hydrogens (tertiary/aromatic N) is 6. The van der Waals surface area contributed by atoms with Crippen molar-refractivity contribution in [1.82, 2.24) is 24.8 Å². The molecule has 1 amide bonds. The molecule has 1 N–H and O–H groups in total. The summed E-state index contributed by atoms with van der Waals surface area (Å²) in [5, 5.41) is 3.26. The average molecular weight is 412 g/mol. The van der Waals surface area contributed by atoms with Gasteiger partial charge in [-0.1, -0.05) is 32.9 Å². The van der Waals surface area contributed by atoms with Crippen LogP contribution in [0.2, 0.25) is 0 Å². The summed E-state index contributed by atoms with van der Waals surface area (Å²) in [6.45, 7) is 10.9. The average Bonchev–Trinajstić information content (AvgIpc) is 2.74. The molecule has 0 bridgehead atoms. The second-order valence-electron chi connectivity index (χ2n) is 8.18. The van der Waals surface area contributed by atoms with Crippen molar-refractivity contribution >= 4 is 23.5 Å². The topological polar surface area (TPSA) is 77.5 Å². The number of hydrogen-bond acceptors (Lipinski definition) is 7. The summed E-state index contributed by atoms with van der Waals surface area (Å²) in [6.07, 6.45) is 0.431. The molecule has 1 fully saturated rings. The number of amides is 1.